The molecule has 1 heterocycles. The molecule has 0 saturated heterocycles. The van der Waals surface area contributed by atoms with E-state index in [1.165, 1.54) is 0 Å². The molecule has 4 heteroatoms. The lowest BCUT2D eigenvalue weighted by molar-refractivity contribution is 0.398. The molecular formula is C14H16ClNO2. The van der Waals surface area contributed by atoms with E-state index >= 15 is 0 Å². The molecule has 0 N–H and O–H groups in total. The van der Waals surface area contributed by atoms with Gasteiger partial charge in [0.2, 0.25) is 0 Å². The molecule has 1 aromatic heterocycles. The van der Waals surface area contributed by atoms with Crippen LogP contribution >= 0.6 is 11.6 Å². The van der Waals surface area contributed by atoms with Gasteiger partial charge in [0.05, 0.1) is 30.1 Å². The number of methoxy groups -OCH3 is 2. The van der Waals surface area contributed by atoms with Crippen molar-refractivity contribution in [2.24, 2.45) is 0 Å². The van der Waals surface area contributed by atoms with Crippen molar-refractivity contribution in [2.45, 2.75) is 19.8 Å². The molecular weight excluding hydrogens is 250 g/mol. The number of rotatable bonds is 4. The lowest BCUT2D eigenvalue weighted by Crippen LogP contribution is -1.95. The summed E-state index contributed by atoms with van der Waals surface area (Å²) in [5.74, 6) is 1.40. The van der Waals surface area contributed by atoms with Crippen LogP contribution in [0.2, 0.25) is 5.02 Å². The largest absolute Gasteiger partial charge is 0.497 e. The van der Waals surface area contributed by atoms with Crippen LogP contribution in [0.25, 0.3) is 10.9 Å². The van der Waals surface area contributed by atoms with E-state index in [4.69, 9.17) is 21.1 Å². The van der Waals surface area contributed by atoms with Crippen molar-refractivity contribution >= 4 is 22.5 Å². The number of benzene rings is 1. The lowest BCUT2D eigenvalue weighted by atomic mass is 10.1. The minimum Gasteiger partial charge on any atom is -0.497 e. The standard InChI is InChI=1S/C14H16ClNO2/c1-4-5-9-6-11(15)14-12(16-9)7-10(17-2)8-13(14)18-3/h6-8H,4-5H2,1-3H3. The zero-order valence-corrected chi connectivity index (χ0v) is 11.5. The first-order chi connectivity index (χ1) is 8.69. The Morgan fingerprint density at radius 1 is 1.17 bits per heavy atom. The molecule has 0 aliphatic rings. The normalized spacial score (nSPS) is 10.7. The number of pyridine rings is 1. The molecule has 0 bridgehead atoms. The van der Waals surface area contributed by atoms with Gasteiger partial charge in [-0.25, -0.2) is 0 Å². The number of hydrogen-bond donors (Lipinski definition) is 0. The third-order valence-corrected chi connectivity index (χ3v) is 3.11. The minimum atomic E-state index is 0.669. The van der Waals surface area contributed by atoms with Crippen LogP contribution in [0.3, 0.4) is 0 Å². The number of aromatic nitrogens is 1. The first-order valence-electron chi connectivity index (χ1n) is 5.90. The Morgan fingerprint density at radius 2 is 1.94 bits per heavy atom. The maximum Gasteiger partial charge on any atom is 0.133 e. The summed E-state index contributed by atoms with van der Waals surface area (Å²) < 4.78 is 10.6. The van der Waals surface area contributed by atoms with Crippen molar-refractivity contribution < 1.29 is 9.47 Å². The van der Waals surface area contributed by atoms with E-state index in [1.54, 1.807) is 14.2 Å². The summed E-state index contributed by atoms with van der Waals surface area (Å²) in [4.78, 5) is 4.60. The maximum absolute atomic E-state index is 6.32. The Bertz CT molecular complexity index is 569. The monoisotopic (exact) mass is 265 g/mol. The SMILES string of the molecule is CCCc1cc(Cl)c2c(OC)cc(OC)cc2n1. The van der Waals surface area contributed by atoms with Gasteiger partial charge in [0, 0.05) is 17.8 Å². The summed E-state index contributed by atoms with van der Waals surface area (Å²) in [5.41, 5.74) is 1.80. The molecule has 18 heavy (non-hydrogen) atoms. The van der Waals surface area contributed by atoms with E-state index in [9.17, 15) is 0 Å². The maximum atomic E-state index is 6.32. The zero-order valence-electron chi connectivity index (χ0n) is 10.8. The van der Waals surface area contributed by atoms with Crippen molar-refractivity contribution in [3.05, 3.63) is 28.9 Å². The Hall–Kier alpha value is -1.48. The van der Waals surface area contributed by atoms with Crippen molar-refractivity contribution in [1.82, 2.24) is 4.98 Å². The highest BCUT2D eigenvalue weighted by molar-refractivity contribution is 6.36. The Balaban J connectivity index is 2.70. The quantitative estimate of drug-likeness (QED) is 0.841. The third kappa shape index (κ3) is 2.36. The number of fused-ring (bicyclic) bond motifs is 1. The van der Waals surface area contributed by atoms with Gasteiger partial charge < -0.3 is 9.47 Å². The van der Waals surface area contributed by atoms with Gasteiger partial charge in [0.25, 0.3) is 0 Å². The van der Waals surface area contributed by atoms with E-state index in [0.717, 1.165) is 35.2 Å². The van der Waals surface area contributed by atoms with Crippen LogP contribution in [0.4, 0.5) is 0 Å². The fourth-order valence-corrected chi connectivity index (χ4v) is 2.29. The zero-order chi connectivity index (χ0) is 13.1. The van der Waals surface area contributed by atoms with Gasteiger partial charge in [-0.15, -0.1) is 0 Å². The van der Waals surface area contributed by atoms with Crippen molar-refractivity contribution in [3.8, 4) is 11.5 Å². The molecule has 3 nitrogen and oxygen atoms in total. The van der Waals surface area contributed by atoms with Crippen LogP contribution in [0.5, 0.6) is 11.5 Å². The number of ether oxygens (including phenoxy) is 2. The second-order valence-corrected chi connectivity index (χ2v) is 4.48. The van der Waals surface area contributed by atoms with Gasteiger partial charge in [-0.1, -0.05) is 24.9 Å². The van der Waals surface area contributed by atoms with Crippen LogP contribution in [-0.2, 0) is 6.42 Å². The predicted octanol–water partition coefficient (Wildman–Crippen LogP) is 3.86. The molecule has 2 rings (SSSR count). The second-order valence-electron chi connectivity index (χ2n) is 4.07. The average Bonchev–Trinajstić information content (AvgIpc) is 2.37. The van der Waals surface area contributed by atoms with Gasteiger partial charge in [0.15, 0.2) is 0 Å². The number of hydrogen-bond acceptors (Lipinski definition) is 3. The molecule has 0 atom stereocenters. The van der Waals surface area contributed by atoms with Crippen LogP contribution in [0, 0.1) is 0 Å². The number of aryl methyl sites for hydroxylation is 1. The molecule has 0 fully saturated rings. The van der Waals surface area contributed by atoms with Gasteiger partial charge >= 0.3 is 0 Å². The molecule has 0 saturated carbocycles. The number of nitrogens with zero attached hydrogens (tertiary/aromatic N) is 1. The summed E-state index contributed by atoms with van der Waals surface area (Å²) in [6, 6.07) is 5.60. The van der Waals surface area contributed by atoms with E-state index < -0.39 is 0 Å². The van der Waals surface area contributed by atoms with Crippen LogP contribution in [-0.4, -0.2) is 19.2 Å². The molecule has 0 aliphatic carbocycles. The van der Waals surface area contributed by atoms with Crippen LogP contribution in [0.15, 0.2) is 18.2 Å². The first kappa shape index (κ1) is 13.0. The molecule has 0 spiro atoms. The van der Waals surface area contributed by atoms with Gasteiger partial charge in [0.1, 0.15) is 11.5 Å². The van der Waals surface area contributed by atoms with E-state index in [-0.39, 0.29) is 0 Å². The smallest absolute Gasteiger partial charge is 0.133 e. The molecule has 96 valence electrons. The van der Waals surface area contributed by atoms with E-state index in [1.807, 2.05) is 18.2 Å². The Kier molecular flexibility index (Phi) is 3.92. The summed E-state index contributed by atoms with van der Waals surface area (Å²) in [6.07, 6.45) is 1.95. The first-order valence-corrected chi connectivity index (χ1v) is 6.28. The van der Waals surface area contributed by atoms with Crippen LogP contribution in [0.1, 0.15) is 19.0 Å². The molecule has 0 radical (unpaired) electrons. The highest BCUT2D eigenvalue weighted by Crippen LogP contribution is 2.35. The third-order valence-electron chi connectivity index (χ3n) is 2.81. The van der Waals surface area contributed by atoms with E-state index in [2.05, 4.69) is 11.9 Å². The average molecular weight is 266 g/mol. The van der Waals surface area contributed by atoms with Gasteiger partial charge in [-0.05, 0) is 12.5 Å². The fourth-order valence-electron chi connectivity index (χ4n) is 1.97. The van der Waals surface area contributed by atoms with Crippen LogP contribution < -0.4 is 9.47 Å². The Morgan fingerprint density at radius 3 is 2.56 bits per heavy atom. The molecule has 1 aromatic carbocycles. The van der Waals surface area contributed by atoms with E-state index in [0.29, 0.717) is 10.8 Å². The minimum absolute atomic E-state index is 0.669. The Labute approximate surface area is 112 Å². The second kappa shape index (κ2) is 5.44. The fraction of sp³-hybridized carbons (Fsp3) is 0.357. The summed E-state index contributed by atoms with van der Waals surface area (Å²) in [7, 11) is 3.24. The predicted molar refractivity (Wildman–Crippen MR) is 73.9 cm³/mol. The van der Waals surface area contributed by atoms with Crippen molar-refractivity contribution in [1.29, 1.82) is 0 Å². The summed E-state index contributed by atoms with van der Waals surface area (Å²) >= 11 is 6.32. The molecule has 0 amide bonds. The topological polar surface area (TPSA) is 31.4 Å². The summed E-state index contributed by atoms with van der Waals surface area (Å²) in [6.45, 7) is 2.12. The van der Waals surface area contributed by atoms with Crippen molar-refractivity contribution in [2.75, 3.05) is 14.2 Å². The van der Waals surface area contributed by atoms with Gasteiger partial charge in [-0.3, -0.25) is 4.98 Å². The highest BCUT2D eigenvalue weighted by atomic mass is 35.5. The molecule has 2 aromatic rings. The molecule has 0 aliphatic heterocycles. The number of halogens is 1. The highest BCUT2D eigenvalue weighted by Gasteiger charge is 2.11. The van der Waals surface area contributed by atoms with Crippen molar-refractivity contribution in [3.63, 3.8) is 0 Å². The lowest BCUT2D eigenvalue weighted by Gasteiger charge is -2.11. The van der Waals surface area contributed by atoms with Gasteiger partial charge in [-0.2, -0.15) is 0 Å². The molecule has 0 unspecified atom stereocenters. The summed E-state index contributed by atoms with van der Waals surface area (Å²) in [5, 5.41) is 1.50.